The van der Waals surface area contributed by atoms with E-state index in [0.717, 1.165) is 15.6 Å². The number of hydrogen-bond donors (Lipinski definition) is 1. The fraction of sp³-hybridized carbons (Fsp3) is 0.333. The Morgan fingerprint density at radius 1 is 1.50 bits per heavy atom. The summed E-state index contributed by atoms with van der Waals surface area (Å²) in [5, 5.41) is 3.93. The summed E-state index contributed by atoms with van der Waals surface area (Å²) < 4.78 is 11.0. The van der Waals surface area contributed by atoms with Crippen molar-refractivity contribution in [1.82, 2.24) is 10.1 Å². The minimum absolute atomic E-state index is 0.344. The Morgan fingerprint density at radius 2 is 2.28 bits per heavy atom. The molecule has 0 spiro atoms. The van der Waals surface area contributed by atoms with Gasteiger partial charge in [0.15, 0.2) is 0 Å². The van der Waals surface area contributed by atoms with Crippen molar-refractivity contribution < 1.29 is 9.26 Å². The average molecular weight is 312 g/mol. The topological polar surface area (TPSA) is 74.2 Å². The van der Waals surface area contributed by atoms with E-state index in [1.54, 1.807) is 7.11 Å². The lowest BCUT2D eigenvalue weighted by atomic mass is 10.1. The first-order valence-corrected chi connectivity index (χ1v) is 6.25. The maximum atomic E-state index is 5.83. The Bertz CT molecular complexity index is 542. The zero-order chi connectivity index (χ0) is 13.1. The second kappa shape index (κ2) is 5.60. The van der Waals surface area contributed by atoms with E-state index in [0.29, 0.717) is 18.3 Å². The SMILES string of the molecule is COCC(N)c1nc(-c2ccc(C)cc2Br)no1. The molecule has 1 aromatic carbocycles. The molecule has 0 radical (unpaired) electrons. The number of nitrogens with two attached hydrogens (primary N) is 1. The highest BCUT2D eigenvalue weighted by atomic mass is 79.9. The van der Waals surface area contributed by atoms with E-state index in [2.05, 4.69) is 26.1 Å². The smallest absolute Gasteiger partial charge is 0.246 e. The van der Waals surface area contributed by atoms with Gasteiger partial charge in [-0.05, 0) is 24.6 Å². The minimum Gasteiger partial charge on any atom is -0.383 e. The van der Waals surface area contributed by atoms with Crippen LogP contribution in [-0.4, -0.2) is 23.9 Å². The van der Waals surface area contributed by atoms with Crippen LogP contribution in [0.2, 0.25) is 0 Å². The quantitative estimate of drug-likeness (QED) is 0.938. The molecule has 2 aromatic rings. The molecule has 0 saturated heterocycles. The van der Waals surface area contributed by atoms with Gasteiger partial charge in [-0.2, -0.15) is 4.98 Å². The van der Waals surface area contributed by atoms with Crippen LogP contribution in [0.1, 0.15) is 17.5 Å². The average Bonchev–Trinajstić information content (AvgIpc) is 2.78. The van der Waals surface area contributed by atoms with Crippen molar-refractivity contribution in [3.8, 4) is 11.4 Å². The van der Waals surface area contributed by atoms with Crippen LogP contribution < -0.4 is 5.73 Å². The molecule has 1 atom stereocenters. The predicted molar refractivity (Wildman–Crippen MR) is 71.0 cm³/mol. The highest BCUT2D eigenvalue weighted by molar-refractivity contribution is 9.10. The normalized spacial score (nSPS) is 12.7. The molecule has 2 rings (SSSR count). The molecule has 0 fully saturated rings. The molecule has 0 bridgehead atoms. The summed E-state index contributed by atoms with van der Waals surface area (Å²) in [4.78, 5) is 4.28. The molecule has 0 aliphatic carbocycles. The van der Waals surface area contributed by atoms with Crippen LogP contribution in [0.5, 0.6) is 0 Å². The van der Waals surface area contributed by atoms with E-state index >= 15 is 0 Å². The first kappa shape index (κ1) is 13.2. The van der Waals surface area contributed by atoms with Gasteiger partial charge in [-0.15, -0.1) is 0 Å². The number of hydrogen-bond acceptors (Lipinski definition) is 5. The van der Waals surface area contributed by atoms with Gasteiger partial charge in [0.05, 0.1) is 6.61 Å². The first-order valence-electron chi connectivity index (χ1n) is 5.46. The summed E-state index contributed by atoms with van der Waals surface area (Å²) >= 11 is 3.48. The number of aromatic nitrogens is 2. The minimum atomic E-state index is -0.402. The lowest BCUT2D eigenvalue weighted by Crippen LogP contribution is -2.16. The predicted octanol–water partition coefficient (Wildman–Crippen LogP) is 2.45. The lowest BCUT2D eigenvalue weighted by molar-refractivity contribution is 0.166. The Morgan fingerprint density at radius 3 is 2.94 bits per heavy atom. The van der Waals surface area contributed by atoms with Crippen molar-refractivity contribution in [1.29, 1.82) is 0 Å². The fourth-order valence-corrected chi connectivity index (χ4v) is 2.22. The third kappa shape index (κ3) is 2.77. The molecule has 18 heavy (non-hydrogen) atoms. The van der Waals surface area contributed by atoms with Crippen molar-refractivity contribution in [2.24, 2.45) is 5.73 Å². The van der Waals surface area contributed by atoms with Crippen molar-refractivity contribution in [3.63, 3.8) is 0 Å². The van der Waals surface area contributed by atoms with Crippen LogP contribution in [0.4, 0.5) is 0 Å². The largest absolute Gasteiger partial charge is 0.383 e. The summed E-state index contributed by atoms with van der Waals surface area (Å²) in [6.45, 7) is 2.36. The van der Waals surface area contributed by atoms with Gasteiger partial charge in [-0.3, -0.25) is 0 Å². The van der Waals surface area contributed by atoms with Crippen LogP contribution in [0, 0.1) is 6.92 Å². The fourth-order valence-electron chi connectivity index (χ4n) is 1.55. The van der Waals surface area contributed by atoms with Gasteiger partial charge in [0.2, 0.25) is 11.7 Å². The maximum absolute atomic E-state index is 5.83. The number of ether oxygens (including phenoxy) is 1. The molecule has 1 unspecified atom stereocenters. The van der Waals surface area contributed by atoms with Gasteiger partial charge in [0, 0.05) is 17.1 Å². The van der Waals surface area contributed by atoms with E-state index in [4.69, 9.17) is 15.0 Å². The maximum Gasteiger partial charge on any atom is 0.246 e. The number of nitrogens with zero attached hydrogens (tertiary/aromatic N) is 2. The Labute approximate surface area is 113 Å². The van der Waals surface area contributed by atoms with Crippen LogP contribution in [0.25, 0.3) is 11.4 Å². The molecule has 0 saturated carbocycles. The van der Waals surface area contributed by atoms with E-state index in [9.17, 15) is 0 Å². The monoisotopic (exact) mass is 311 g/mol. The third-order valence-electron chi connectivity index (χ3n) is 2.47. The van der Waals surface area contributed by atoms with Gasteiger partial charge >= 0.3 is 0 Å². The lowest BCUT2D eigenvalue weighted by Gasteiger charge is -2.03. The number of aryl methyl sites for hydroxylation is 1. The van der Waals surface area contributed by atoms with E-state index in [1.807, 2.05) is 25.1 Å². The molecule has 2 N–H and O–H groups in total. The molecule has 0 aliphatic heterocycles. The van der Waals surface area contributed by atoms with Crippen molar-refractivity contribution >= 4 is 15.9 Å². The van der Waals surface area contributed by atoms with E-state index in [1.165, 1.54) is 0 Å². The third-order valence-corrected chi connectivity index (χ3v) is 3.13. The van der Waals surface area contributed by atoms with Crippen LogP contribution in [0.15, 0.2) is 27.2 Å². The molecule has 96 valence electrons. The number of halogens is 1. The van der Waals surface area contributed by atoms with Gasteiger partial charge in [0.25, 0.3) is 0 Å². The first-order chi connectivity index (χ1) is 8.61. The Kier molecular flexibility index (Phi) is 4.11. The molecular formula is C12H14BrN3O2. The van der Waals surface area contributed by atoms with Crippen LogP contribution in [-0.2, 0) is 4.74 Å². The standard InChI is InChI=1S/C12H14BrN3O2/c1-7-3-4-8(9(13)5-7)11-15-12(18-16-11)10(14)6-17-2/h3-5,10H,6,14H2,1-2H3. The van der Waals surface area contributed by atoms with Crippen molar-refractivity contribution in [3.05, 3.63) is 34.1 Å². The highest BCUT2D eigenvalue weighted by Gasteiger charge is 2.16. The van der Waals surface area contributed by atoms with Crippen molar-refractivity contribution in [2.75, 3.05) is 13.7 Å². The zero-order valence-corrected chi connectivity index (χ0v) is 11.8. The van der Waals surface area contributed by atoms with Crippen molar-refractivity contribution in [2.45, 2.75) is 13.0 Å². The molecule has 0 aliphatic rings. The summed E-state index contributed by atoms with van der Waals surface area (Å²) in [5.74, 6) is 0.891. The van der Waals surface area contributed by atoms with Crippen LogP contribution >= 0.6 is 15.9 Å². The second-order valence-electron chi connectivity index (χ2n) is 4.00. The Balaban J connectivity index is 2.29. The highest BCUT2D eigenvalue weighted by Crippen LogP contribution is 2.27. The molecule has 1 aromatic heterocycles. The number of benzene rings is 1. The Hall–Kier alpha value is -1.24. The summed E-state index contributed by atoms with van der Waals surface area (Å²) in [7, 11) is 1.58. The molecular weight excluding hydrogens is 298 g/mol. The molecule has 0 amide bonds. The summed E-state index contributed by atoms with van der Waals surface area (Å²) in [5.41, 5.74) is 7.86. The van der Waals surface area contributed by atoms with Gasteiger partial charge in [-0.1, -0.05) is 27.2 Å². The van der Waals surface area contributed by atoms with E-state index in [-0.39, 0.29) is 0 Å². The zero-order valence-electron chi connectivity index (χ0n) is 10.2. The van der Waals surface area contributed by atoms with Crippen LogP contribution in [0.3, 0.4) is 0 Å². The second-order valence-corrected chi connectivity index (χ2v) is 4.86. The summed E-state index contributed by atoms with van der Waals surface area (Å²) in [6.07, 6.45) is 0. The number of methoxy groups -OCH3 is 1. The molecule has 1 heterocycles. The van der Waals surface area contributed by atoms with Gasteiger partial charge in [-0.25, -0.2) is 0 Å². The molecule has 6 heteroatoms. The van der Waals surface area contributed by atoms with Gasteiger partial charge in [0.1, 0.15) is 6.04 Å². The van der Waals surface area contributed by atoms with E-state index < -0.39 is 6.04 Å². The molecule has 5 nitrogen and oxygen atoms in total. The van der Waals surface area contributed by atoms with Gasteiger partial charge < -0.3 is 15.0 Å². The number of rotatable bonds is 4. The summed E-state index contributed by atoms with van der Waals surface area (Å²) in [6, 6.07) is 5.53.